The molecule has 0 saturated carbocycles. The van der Waals surface area contributed by atoms with E-state index in [1.54, 1.807) is 0 Å². The van der Waals surface area contributed by atoms with E-state index in [9.17, 15) is 4.39 Å². The number of rotatable bonds is 3. The van der Waals surface area contributed by atoms with Crippen LogP contribution in [0.1, 0.15) is 19.3 Å². The lowest BCUT2D eigenvalue weighted by Crippen LogP contribution is -2.40. The number of halogens is 1. The summed E-state index contributed by atoms with van der Waals surface area (Å²) < 4.78 is 18.0. The quantitative estimate of drug-likeness (QED) is 0.781. The average molecular weight is 225 g/mol. The minimum absolute atomic E-state index is 0.250. The van der Waals surface area contributed by atoms with Crippen LogP contribution in [0.5, 0.6) is 6.01 Å². The molecule has 5 heteroatoms. The molecule has 0 N–H and O–H groups in total. The fourth-order valence-electron chi connectivity index (χ4n) is 1.90. The van der Waals surface area contributed by atoms with E-state index in [4.69, 9.17) is 4.74 Å². The Bertz CT molecular complexity index is 331. The summed E-state index contributed by atoms with van der Waals surface area (Å²) in [6, 6.07) is 0.669. The van der Waals surface area contributed by atoms with E-state index in [1.165, 1.54) is 12.8 Å². The second-order valence-corrected chi connectivity index (χ2v) is 4.13. The van der Waals surface area contributed by atoms with Crippen molar-refractivity contribution >= 4 is 0 Å². The lowest BCUT2D eigenvalue weighted by atomic mass is 10.0. The van der Waals surface area contributed by atoms with Crippen molar-refractivity contribution in [2.75, 3.05) is 20.2 Å². The molecule has 1 saturated heterocycles. The Hall–Kier alpha value is -1.23. The summed E-state index contributed by atoms with van der Waals surface area (Å²) in [6.07, 6.45) is 5.86. The van der Waals surface area contributed by atoms with Gasteiger partial charge in [-0.15, -0.1) is 0 Å². The maximum absolute atomic E-state index is 12.6. The number of ether oxygens (including phenoxy) is 1. The summed E-state index contributed by atoms with van der Waals surface area (Å²) in [7, 11) is 2.10. The Labute approximate surface area is 94.5 Å². The molecule has 0 amide bonds. The summed E-state index contributed by atoms with van der Waals surface area (Å²) in [5, 5.41) is 0. The molecule has 0 radical (unpaired) electrons. The van der Waals surface area contributed by atoms with Gasteiger partial charge in [0, 0.05) is 6.04 Å². The van der Waals surface area contributed by atoms with Gasteiger partial charge in [-0.1, -0.05) is 6.42 Å². The van der Waals surface area contributed by atoms with Gasteiger partial charge in [0.05, 0.1) is 12.4 Å². The molecule has 1 aromatic heterocycles. The van der Waals surface area contributed by atoms with Gasteiger partial charge >= 0.3 is 6.01 Å². The lowest BCUT2D eigenvalue weighted by Gasteiger charge is -2.31. The SMILES string of the molecule is CN1CCCCC1COc1ncc(F)cn1. The van der Waals surface area contributed by atoms with Gasteiger partial charge in [-0.05, 0) is 26.4 Å². The molecule has 0 aliphatic carbocycles. The number of nitrogens with zero attached hydrogens (tertiary/aromatic N) is 3. The highest BCUT2D eigenvalue weighted by atomic mass is 19.1. The van der Waals surface area contributed by atoms with E-state index in [0.717, 1.165) is 25.4 Å². The van der Waals surface area contributed by atoms with Crippen LogP contribution < -0.4 is 4.74 Å². The largest absolute Gasteiger partial charge is 0.462 e. The molecule has 2 heterocycles. The Kier molecular flexibility index (Phi) is 3.66. The Balaban J connectivity index is 1.84. The molecule has 2 rings (SSSR count). The van der Waals surface area contributed by atoms with Crippen molar-refractivity contribution in [3.63, 3.8) is 0 Å². The highest BCUT2D eigenvalue weighted by Crippen LogP contribution is 2.15. The van der Waals surface area contributed by atoms with Gasteiger partial charge in [-0.25, -0.2) is 14.4 Å². The third kappa shape index (κ3) is 2.88. The molecule has 1 unspecified atom stereocenters. The first-order valence-electron chi connectivity index (χ1n) is 5.56. The van der Waals surface area contributed by atoms with Crippen LogP contribution in [-0.4, -0.2) is 41.1 Å². The molecular weight excluding hydrogens is 209 g/mol. The minimum atomic E-state index is -0.442. The average Bonchev–Trinajstić information content (AvgIpc) is 2.30. The zero-order valence-corrected chi connectivity index (χ0v) is 9.40. The first-order valence-corrected chi connectivity index (χ1v) is 5.56. The standard InChI is InChI=1S/C11H16FN3O/c1-15-5-3-2-4-10(15)8-16-11-13-6-9(12)7-14-11/h6-7,10H,2-5,8H2,1H3. The van der Waals surface area contributed by atoms with Crippen molar-refractivity contribution in [1.29, 1.82) is 0 Å². The predicted octanol–water partition coefficient (Wildman–Crippen LogP) is 1.48. The van der Waals surface area contributed by atoms with Crippen molar-refractivity contribution in [3.05, 3.63) is 18.2 Å². The topological polar surface area (TPSA) is 38.2 Å². The van der Waals surface area contributed by atoms with E-state index >= 15 is 0 Å². The number of piperidine rings is 1. The van der Waals surface area contributed by atoms with Crippen molar-refractivity contribution < 1.29 is 9.13 Å². The number of likely N-dealkylation sites (N-methyl/N-ethyl adjacent to an activating group) is 1. The Morgan fingerprint density at radius 1 is 1.44 bits per heavy atom. The maximum Gasteiger partial charge on any atom is 0.316 e. The molecule has 1 aliphatic rings. The summed E-state index contributed by atoms with van der Waals surface area (Å²) in [6.45, 7) is 1.68. The van der Waals surface area contributed by atoms with Gasteiger partial charge in [0.1, 0.15) is 6.61 Å². The van der Waals surface area contributed by atoms with E-state index in [2.05, 4.69) is 21.9 Å². The van der Waals surface area contributed by atoms with Crippen LogP contribution in [-0.2, 0) is 0 Å². The summed E-state index contributed by atoms with van der Waals surface area (Å²) in [5.74, 6) is -0.442. The molecule has 16 heavy (non-hydrogen) atoms. The van der Waals surface area contributed by atoms with Crippen LogP contribution in [0, 0.1) is 5.82 Å². The van der Waals surface area contributed by atoms with Crippen molar-refractivity contribution in [2.45, 2.75) is 25.3 Å². The van der Waals surface area contributed by atoms with Crippen molar-refractivity contribution in [1.82, 2.24) is 14.9 Å². The number of hydrogen-bond acceptors (Lipinski definition) is 4. The first-order chi connectivity index (χ1) is 7.75. The predicted molar refractivity (Wildman–Crippen MR) is 57.8 cm³/mol. The maximum atomic E-state index is 12.6. The van der Waals surface area contributed by atoms with Crippen LogP contribution in [0.3, 0.4) is 0 Å². The smallest absolute Gasteiger partial charge is 0.316 e. The molecule has 88 valence electrons. The number of hydrogen-bond donors (Lipinski definition) is 0. The minimum Gasteiger partial charge on any atom is -0.462 e. The van der Waals surface area contributed by atoms with E-state index in [0.29, 0.717) is 12.6 Å². The lowest BCUT2D eigenvalue weighted by molar-refractivity contribution is 0.119. The molecular formula is C11H16FN3O. The zero-order chi connectivity index (χ0) is 11.4. The number of aromatic nitrogens is 2. The fourth-order valence-corrected chi connectivity index (χ4v) is 1.90. The Morgan fingerprint density at radius 3 is 2.88 bits per heavy atom. The van der Waals surface area contributed by atoms with E-state index in [1.807, 2.05) is 0 Å². The molecule has 1 aromatic rings. The van der Waals surface area contributed by atoms with Crippen molar-refractivity contribution in [2.24, 2.45) is 0 Å². The van der Waals surface area contributed by atoms with E-state index < -0.39 is 5.82 Å². The molecule has 1 atom stereocenters. The first kappa shape index (κ1) is 11.3. The van der Waals surface area contributed by atoms with Crippen LogP contribution in [0.15, 0.2) is 12.4 Å². The van der Waals surface area contributed by atoms with Gasteiger partial charge < -0.3 is 9.64 Å². The second-order valence-electron chi connectivity index (χ2n) is 4.13. The van der Waals surface area contributed by atoms with Gasteiger partial charge in [0.2, 0.25) is 0 Å². The summed E-state index contributed by atoms with van der Waals surface area (Å²) in [4.78, 5) is 9.81. The van der Waals surface area contributed by atoms with Crippen molar-refractivity contribution in [3.8, 4) is 6.01 Å². The van der Waals surface area contributed by atoms with Crippen LogP contribution in [0.2, 0.25) is 0 Å². The van der Waals surface area contributed by atoms with Gasteiger partial charge in [0.25, 0.3) is 0 Å². The molecule has 1 aliphatic heterocycles. The summed E-state index contributed by atoms with van der Waals surface area (Å²) in [5.41, 5.74) is 0. The van der Waals surface area contributed by atoms with E-state index in [-0.39, 0.29) is 6.01 Å². The highest BCUT2D eigenvalue weighted by molar-refractivity contribution is 4.96. The monoisotopic (exact) mass is 225 g/mol. The molecule has 4 nitrogen and oxygen atoms in total. The third-order valence-electron chi connectivity index (χ3n) is 2.92. The second kappa shape index (κ2) is 5.21. The fraction of sp³-hybridized carbons (Fsp3) is 0.636. The normalized spacial score (nSPS) is 22.0. The Morgan fingerprint density at radius 2 is 2.19 bits per heavy atom. The van der Waals surface area contributed by atoms with Crippen LogP contribution >= 0.6 is 0 Å². The molecule has 0 spiro atoms. The highest BCUT2D eigenvalue weighted by Gasteiger charge is 2.19. The summed E-state index contributed by atoms with van der Waals surface area (Å²) >= 11 is 0. The molecule has 1 fully saturated rings. The van der Waals surface area contributed by atoms with Gasteiger partial charge in [-0.3, -0.25) is 0 Å². The van der Waals surface area contributed by atoms with Crippen LogP contribution in [0.25, 0.3) is 0 Å². The molecule has 0 bridgehead atoms. The zero-order valence-electron chi connectivity index (χ0n) is 9.40. The van der Waals surface area contributed by atoms with Crippen LogP contribution in [0.4, 0.5) is 4.39 Å². The molecule has 0 aromatic carbocycles. The van der Waals surface area contributed by atoms with Gasteiger partial charge in [0.15, 0.2) is 5.82 Å². The third-order valence-corrected chi connectivity index (χ3v) is 2.92. The van der Waals surface area contributed by atoms with Gasteiger partial charge in [-0.2, -0.15) is 0 Å². The number of likely N-dealkylation sites (tertiary alicyclic amines) is 1.